The SMILES string of the molecule is CCOc1ccccc1CS(=O)[O-].CCOc1ccccc1CS(=O)[O-].[Mg+2]. The number of rotatable bonds is 8. The normalized spacial score (nSPS) is 12.0. The topological polar surface area (TPSA) is 98.7 Å². The van der Waals surface area contributed by atoms with E-state index < -0.39 is 22.2 Å². The first-order chi connectivity index (χ1) is 12.5. The fourth-order valence-electron chi connectivity index (χ4n) is 2.09. The van der Waals surface area contributed by atoms with Crippen LogP contribution in [0, 0.1) is 0 Å². The molecule has 0 spiro atoms. The van der Waals surface area contributed by atoms with E-state index in [0.29, 0.717) is 35.8 Å². The Kier molecular flexibility index (Phi) is 14.5. The first kappa shape index (κ1) is 26.0. The number of hydrogen-bond donors (Lipinski definition) is 0. The van der Waals surface area contributed by atoms with Crippen molar-refractivity contribution in [1.29, 1.82) is 0 Å². The van der Waals surface area contributed by atoms with Crippen molar-refractivity contribution in [3.8, 4) is 11.5 Å². The number of ether oxygens (including phenoxy) is 2. The predicted molar refractivity (Wildman–Crippen MR) is 106 cm³/mol. The van der Waals surface area contributed by atoms with Gasteiger partial charge in [-0.1, -0.05) is 58.6 Å². The van der Waals surface area contributed by atoms with Gasteiger partial charge in [-0.15, -0.1) is 0 Å². The molecule has 0 amide bonds. The van der Waals surface area contributed by atoms with Crippen molar-refractivity contribution >= 4 is 45.2 Å². The van der Waals surface area contributed by atoms with Crippen LogP contribution in [-0.4, -0.2) is 53.8 Å². The summed E-state index contributed by atoms with van der Waals surface area (Å²) in [6.07, 6.45) is 0. The van der Waals surface area contributed by atoms with Gasteiger partial charge in [0.1, 0.15) is 11.5 Å². The summed E-state index contributed by atoms with van der Waals surface area (Å²) in [5.41, 5.74) is 1.41. The number of benzene rings is 2. The van der Waals surface area contributed by atoms with Gasteiger partial charge in [-0.25, -0.2) is 0 Å². The van der Waals surface area contributed by atoms with Crippen molar-refractivity contribution < 1.29 is 27.0 Å². The Labute approximate surface area is 181 Å². The quantitative estimate of drug-likeness (QED) is 0.479. The van der Waals surface area contributed by atoms with Crippen LogP contribution in [0.5, 0.6) is 11.5 Å². The van der Waals surface area contributed by atoms with Crippen LogP contribution < -0.4 is 9.47 Å². The molecule has 2 atom stereocenters. The Morgan fingerprint density at radius 3 is 1.37 bits per heavy atom. The monoisotopic (exact) mass is 422 g/mol. The van der Waals surface area contributed by atoms with Gasteiger partial charge in [-0.2, -0.15) is 0 Å². The smallest absolute Gasteiger partial charge is 0.772 e. The van der Waals surface area contributed by atoms with Crippen LogP contribution in [0.1, 0.15) is 25.0 Å². The molecule has 0 aliphatic carbocycles. The maximum atomic E-state index is 10.5. The van der Waals surface area contributed by atoms with Gasteiger partial charge in [0.2, 0.25) is 0 Å². The van der Waals surface area contributed by atoms with Gasteiger partial charge >= 0.3 is 23.1 Å². The number of hydrogen-bond acceptors (Lipinski definition) is 6. The molecule has 27 heavy (non-hydrogen) atoms. The molecule has 0 heterocycles. The molecule has 0 saturated carbocycles. The van der Waals surface area contributed by atoms with Crippen LogP contribution in [0.4, 0.5) is 0 Å². The standard InChI is InChI=1S/2C9H12O3S.Mg/c2*1-2-12-9-6-4-3-5-8(9)7-13(10)11;/h2*3-6H,2,7H2,1H3,(H,10,11);/q;;+2/p-2. The average Bonchev–Trinajstić information content (AvgIpc) is 2.59. The van der Waals surface area contributed by atoms with Crippen LogP contribution in [0.3, 0.4) is 0 Å². The molecule has 2 unspecified atom stereocenters. The predicted octanol–water partition coefficient (Wildman–Crippen LogP) is 2.55. The zero-order valence-corrected chi connectivity index (χ0v) is 18.5. The Balaban J connectivity index is 0.000000483. The zero-order valence-electron chi connectivity index (χ0n) is 15.4. The van der Waals surface area contributed by atoms with E-state index in [9.17, 15) is 17.5 Å². The van der Waals surface area contributed by atoms with Crippen molar-refractivity contribution in [3.05, 3.63) is 59.7 Å². The molecule has 6 nitrogen and oxygen atoms in total. The molecule has 9 heteroatoms. The van der Waals surface area contributed by atoms with E-state index >= 15 is 0 Å². The van der Waals surface area contributed by atoms with Crippen molar-refractivity contribution in [2.75, 3.05) is 13.2 Å². The third kappa shape index (κ3) is 10.8. The molecule has 144 valence electrons. The van der Waals surface area contributed by atoms with Gasteiger partial charge in [0.25, 0.3) is 0 Å². The van der Waals surface area contributed by atoms with Crippen LogP contribution in [-0.2, 0) is 33.7 Å². The molecular formula is C18H22MgO6S2. The van der Waals surface area contributed by atoms with Crippen molar-refractivity contribution in [3.63, 3.8) is 0 Å². The minimum atomic E-state index is -2.06. The first-order valence-electron chi connectivity index (χ1n) is 8.01. The van der Waals surface area contributed by atoms with Crippen LogP contribution in [0.2, 0.25) is 0 Å². The summed E-state index contributed by atoms with van der Waals surface area (Å²) in [5.74, 6) is 1.32. The Hall–Kier alpha value is -0.974. The molecule has 2 rings (SSSR count). The molecule has 0 aliphatic heterocycles. The maximum Gasteiger partial charge on any atom is 2.00 e. The van der Waals surface area contributed by atoms with E-state index in [4.69, 9.17) is 9.47 Å². The largest absolute Gasteiger partial charge is 2.00 e. The van der Waals surface area contributed by atoms with Gasteiger partial charge in [-0.05, 0) is 26.0 Å². The molecule has 0 fully saturated rings. The van der Waals surface area contributed by atoms with E-state index in [1.807, 2.05) is 26.0 Å². The first-order valence-corrected chi connectivity index (χ1v) is 10.5. The molecule has 0 aromatic heterocycles. The molecule has 0 radical (unpaired) electrons. The summed E-state index contributed by atoms with van der Waals surface area (Å²) < 4.78 is 52.4. The summed E-state index contributed by atoms with van der Waals surface area (Å²) in [4.78, 5) is 0. The molecule has 2 aromatic carbocycles. The van der Waals surface area contributed by atoms with Crippen LogP contribution in [0.15, 0.2) is 48.5 Å². The summed E-state index contributed by atoms with van der Waals surface area (Å²) >= 11 is -4.12. The summed E-state index contributed by atoms with van der Waals surface area (Å²) in [7, 11) is 0. The van der Waals surface area contributed by atoms with Crippen molar-refractivity contribution in [2.45, 2.75) is 25.4 Å². The van der Waals surface area contributed by atoms with Crippen LogP contribution >= 0.6 is 0 Å². The minimum Gasteiger partial charge on any atom is -0.772 e. The van der Waals surface area contributed by atoms with Gasteiger partial charge < -0.3 is 18.6 Å². The Bertz CT molecular complexity index is 665. The molecule has 2 aromatic rings. The Morgan fingerprint density at radius 2 is 1.07 bits per heavy atom. The second-order valence-electron chi connectivity index (χ2n) is 4.98. The number of para-hydroxylation sites is 2. The van der Waals surface area contributed by atoms with Crippen molar-refractivity contribution in [1.82, 2.24) is 0 Å². The van der Waals surface area contributed by atoms with Gasteiger partial charge in [-0.3, -0.25) is 8.42 Å². The van der Waals surface area contributed by atoms with E-state index in [2.05, 4.69) is 0 Å². The molecule has 0 aliphatic rings. The zero-order chi connectivity index (χ0) is 19.4. The molecule has 0 N–H and O–H groups in total. The molecule has 0 bridgehead atoms. The van der Waals surface area contributed by atoms with E-state index in [0.717, 1.165) is 0 Å². The Morgan fingerprint density at radius 1 is 0.741 bits per heavy atom. The molecular weight excluding hydrogens is 401 g/mol. The third-order valence-electron chi connectivity index (χ3n) is 3.09. The molecule has 0 saturated heterocycles. The summed E-state index contributed by atoms with van der Waals surface area (Å²) in [6.45, 7) is 4.82. The van der Waals surface area contributed by atoms with E-state index in [1.165, 1.54) is 0 Å². The van der Waals surface area contributed by atoms with E-state index in [-0.39, 0.29) is 34.6 Å². The second-order valence-corrected chi connectivity index (χ2v) is 6.77. The van der Waals surface area contributed by atoms with E-state index in [1.54, 1.807) is 36.4 Å². The third-order valence-corrected chi connectivity index (χ3v) is 4.19. The second kappa shape index (κ2) is 15.0. The fraction of sp³-hybridized carbons (Fsp3) is 0.333. The van der Waals surface area contributed by atoms with Crippen molar-refractivity contribution in [2.24, 2.45) is 0 Å². The maximum absolute atomic E-state index is 10.5. The summed E-state index contributed by atoms with van der Waals surface area (Å²) in [6, 6.07) is 14.3. The minimum absolute atomic E-state index is 0. The van der Waals surface area contributed by atoms with Crippen LogP contribution in [0.25, 0.3) is 0 Å². The summed E-state index contributed by atoms with van der Waals surface area (Å²) in [5, 5.41) is 0. The van der Waals surface area contributed by atoms with Gasteiger partial charge in [0, 0.05) is 22.6 Å². The van der Waals surface area contributed by atoms with Gasteiger partial charge in [0.05, 0.1) is 13.2 Å². The fourth-order valence-corrected chi connectivity index (χ4v) is 3.08. The van der Waals surface area contributed by atoms with Gasteiger partial charge in [0.15, 0.2) is 0 Å². The average molecular weight is 423 g/mol.